The fraction of sp³-hybridized carbons (Fsp3) is 0.619. The van der Waals surface area contributed by atoms with Crippen molar-refractivity contribution in [2.24, 2.45) is 5.41 Å². The average Bonchev–Trinajstić information content (AvgIpc) is 3.11. The first kappa shape index (κ1) is 17.7. The number of likely N-dealkylation sites (tertiary alicyclic amines) is 1. The Balaban J connectivity index is 1.65. The molecule has 0 unspecified atom stereocenters. The molecule has 1 aromatic carbocycles. The maximum absolute atomic E-state index is 13.3. The summed E-state index contributed by atoms with van der Waals surface area (Å²) in [5.74, 6) is -0.291. The number of nitrogens with zero attached hydrogens (tertiary/aromatic N) is 1. The molecule has 0 bridgehead atoms. The summed E-state index contributed by atoms with van der Waals surface area (Å²) in [6.45, 7) is 10.4. The van der Waals surface area contributed by atoms with E-state index in [1.54, 1.807) is 0 Å². The van der Waals surface area contributed by atoms with Gasteiger partial charge < -0.3 is 14.4 Å². The van der Waals surface area contributed by atoms with E-state index in [1.807, 2.05) is 38.7 Å². The second-order valence-corrected chi connectivity index (χ2v) is 8.53. The van der Waals surface area contributed by atoms with Crippen LogP contribution in [0, 0.1) is 19.3 Å². The Morgan fingerprint density at radius 1 is 1.08 bits per heavy atom. The minimum Gasteiger partial charge on any atom is -0.347 e. The number of ketones is 1. The second-order valence-electron chi connectivity index (χ2n) is 8.53. The molecule has 1 aromatic rings. The SMILES string of the molecule is Cc1cc(C)c2c(c1C(=O)N1CCC3(CC1)OCCO3)CC(C)(C)C2=O. The third-order valence-electron chi connectivity index (χ3n) is 6.13. The van der Waals surface area contributed by atoms with Gasteiger partial charge in [-0.1, -0.05) is 19.9 Å². The smallest absolute Gasteiger partial charge is 0.254 e. The lowest BCUT2D eigenvalue weighted by Crippen LogP contribution is -2.47. The first-order valence-electron chi connectivity index (χ1n) is 9.49. The van der Waals surface area contributed by atoms with Gasteiger partial charge in [-0.05, 0) is 37.0 Å². The molecule has 5 nitrogen and oxygen atoms in total. The third-order valence-corrected chi connectivity index (χ3v) is 6.13. The Labute approximate surface area is 154 Å². The number of rotatable bonds is 1. The lowest BCUT2D eigenvalue weighted by Gasteiger charge is -2.38. The molecule has 0 aromatic heterocycles. The molecule has 4 rings (SSSR count). The van der Waals surface area contributed by atoms with Crippen molar-refractivity contribution in [3.05, 3.63) is 33.9 Å². The predicted molar refractivity (Wildman–Crippen MR) is 97.5 cm³/mol. The van der Waals surface area contributed by atoms with Crippen LogP contribution in [0.1, 0.15) is 64.1 Å². The zero-order chi connectivity index (χ0) is 18.7. The summed E-state index contributed by atoms with van der Waals surface area (Å²) in [4.78, 5) is 28.1. The summed E-state index contributed by atoms with van der Waals surface area (Å²) in [5, 5.41) is 0. The van der Waals surface area contributed by atoms with Gasteiger partial charge in [-0.25, -0.2) is 0 Å². The number of hydrogen-bond acceptors (Lipinski definition) is 4. The van der Waals surface area contributed by atoms with Gasteiger partial charge in [0.05, 0.1) is 13.2 Å². The van der Waals surface area contributed by atoms with E-state index in [2.05, 4.69) is 0 Å². The van der Waals surface area contributed by atoms with E-state index in [-0.39, 0.29) is 11.7 Å². The van der Waals surface area contributed by atoms with Crippen molar-refractivity contribution in [2.75, 3.05) is 26.3 Å². The van der Waals surface area contributed by atoms with Gasteiger partial charge in [-0.3, -0.25) is 9.59 Å². The monoisotopic (exact) mass is 357 g/mol. The molecule has 1 amide bonds. The normalized spacial score (nSPS) is 23.5. The highest BCUT2D eigenvalue weighted by molar-refractivity contribution is 6.10. The fourth-order valence-corrected chi connectivity index (χ4v) is 4.72. The molecule has 3 aliphatic rings. The number of aryl methyl sites for hydroxylation is 2. The van der Waals surface area contributed by atoms with Crippen LogP contribution in [0.15, 0.2) is 6.07 Å². The minimum absolute atomic E-state index is 0.0390. The Kier molecular flexibility index (Phi) is 4.01. The first-order valence-corrected chi connectivity index (χ1v) is 9.49. The van der Waals surface area contributed by atoms with Gasteiger partial charge >= 0.3 is 0 Å². The van der Waals surface area contributed by atoms with Crippen LogP contribution in [0.25, 0.3) is 0 Å². The van der Waals surface area contributed by atoms with Crippen molar-refractivity contribution in [2.45, 2.75) is 52.7 Å². The number of ether oxygens (including phenoxy) is 2. The van der Waals surface area contributed by atoms with Gasteiger partial charge in [0.25, 0.3) is 5.91 Å². The number of fused-ring (bicyclic) bond motifs is 1. The number of piperidine rings is 1. The maximum atomic E-state index is 13.3. The van der Waals surface area contributed by atoms with Crippen LogP contribution in [0.4, 0.5) is 0 Å². The zero-order valence-electron chi connectivity index (χ0n) is 16.1. The van der Waals surface area contributed by atoms with Crippen LogP contribution in [0.2, 0.25) is 0 Å². The number of carbonyl (C=O) groups excluding carboxylic acids is 2. The topological polar surface area (TPSA) is 55.8 Å². The van der Waals surface area contributed by atoms with Crippen LogP contribution >= 0.6 is 0 Å². The van der Waals surface area contributed by atoms with Crippen molar-refractivity contribution in [3.8, 4) is 0 Å². The summed E-state index contributed by atoms with van der Waals surface area (Å²) in [6.07, 6.45) is 2.04. The van der Waals surface area contributed by atoms with Crippen molar-refractivity contribution < 1.29 is 19.1 Å². The van der Waals surface area contributed by atoms with E-state index in [4.69, 9.17) is 9.47 Å². The van der Waals surface area contributed by atoms with Crippen molar-refractivity contribution in [3.63, 3.8) is 0 Å². The summed E-state index contributed by atoms with van der Waals surface area (Å²) < 4.78 is 11.5. The number of carbonyl (C=O) groups is 2. The van der Waals surface area contributed by atoms with Crippen LogP contribution in [0.3, 0.4) is 0 Å². The van der Waals surface area contributed by atoms with Gasteiger partial charge in [0.15, 0.2) is 11.6 Å². The third kappa shape index (κ3) is 2.60. The molecular formula is C21H27NO4. The zero-order valence-corrected chi connectivity index (χ0v) is 16.1. The highest BCUT2D eigenvalue weighted by Gasteiger charge is 2.44. The van der Waals surface area contributed by atoms with Gasteiger partial charge in [0.2, 0.25) is 0 Å². The van der Waals surface area contributed by atoms with Crippen molar-refractivity contribution >= 4 is 11.7 Å². The number of hydrogen-bond donors (Lipinski definition) is 0. The molecule has 26 heavy (non-hydrogen) atoms. The molecule has 2 fully saturated rings. The van der Waals surface area contributed by atoms with Crippen LogP contribution < -0.4 is 0 Å². The molecule has 2 heterocycles. The van der Waals surface area contributed by atoms with Gasteiger partial charge in [-0.15, -0.1) is 0 Å². The van der Waals surface area contributed by atoms with Crippen molar-refractivity contribution in [1.82, 2.24) is 4.90 Å². The summed E-state index contributed by atoms with van der Waals surface area (Å²) in [7, 11) is 0. The summed E-state index contributed by atoms with van der Waals surface area (Å²) in [5.41, 5.74) is 3.94. The molecule has 0 saturated carbocycles. The van der Waals surface area contributed by atoms with Crippen LogP contribution in [0.5, 0.6) is 0 Å². The lowest BCUT2D eigenvalue weighted by atomic mass is 9.88. The Morgan fingerprint density at radius 3 is 2.31 bits per heavy atom. The second kappa shape index (κ2) is 5.89. The molecule has 2 aliphatic heterocycles. The molecule has 140 valence electrons. The van der Waals surface area contributed by atoms with E-state index in [0.29, 0.717) is 45.6 Å². The predicted octanol–water partition coefficient (Wildman–Crippen LogP) is 3.05. The highest BCUT2D eigenvalue weighted by atomic mass is 16.7. The van der Waals surface area contributed by atoms with Gasteiger partial charge in [-0.2, -0.15) is 0 Å². The van der Waals surface area contributed by atoms with E-state index in [0.717, 1.165) is 27.8 Å². The molecule has 2 saturated heterocycles. The largest absolute Gasteiger partial charge is 0.347 e. The Bertz CT molecular complexity index is 780. The van der Waals surface area contributed by atoms with Gasteiger partial charge in [0.1, 0.15) is 0 Å². The van der Waals surface area contributed by atoms with E-state index >= 15 is 0 Å². The van der Waals surface area contributed by atoms with E-state index in [9.17, 15) is 9.59 Å². The number of benzene rings is 1. The standard InChI is InChI=1S/C21H27NO4/c1-13-11-14(2)17(15-12-20(3,4)18(23)16(13)15)19(24)22-7-5-21(6-8-22)25-9-10-26-21/h11H,5-10,12H2,1-4H3. The maximum Gasteiger partial charge on any atom is 0.254 e. The number of amides is 1. The summed E-state index contributed by atoms with van der Waals surface area (Å²) >= 11 is 0. The van der Waals surface area contributed by atoms with E-state index in [1.165, 1.54) is 0 Å². The van der Waals surface area contributed by atoms with E-state index < -0.39 is 11.2 Å². The van der Waals surface area contributed by atoms with Crippen molar-refractivity contribution in [1.29, 1.82) is 0 Å². The van der Waals surface area contributed by atoms with Gasteiger partial charge in [0, 0.05) is 42.5 Å². The molecule has 1 aliphatic carbocycles. The molecular weight excluding hydrogens is 330 g/mol. The molecule has 5 heteroatoms. The highest BCUT2D eigenvalue weighted by Crippen LogP contribution is 2.41. The van der Waals surface area contributed by atoms with Crippen LogP contribution in [-0.2, 0) is 15.9 Å². The minimum atomic E-state index is -0.487. The Hall–Kier alpha value is -1.72. The lowest BCUT2D eigenvalue weighted by molar-refractivity contribution is -0.181. The quantitative estimate of drug-likeness (QED) is 0.775. The number of Topliss-reactive ketones (excluding diaryl/α,β-unsaturated/α-hetero) is 1. The molecule has 1 spiro atoms. The first-order chi connectivity index (χ1) is 12.2. The Morgan fingerprint density at radius 2 is 1.69 bits per heavy atom. The average molecular weight is 357 g/mol. The summed E-state index contributed by atoms with van der Waals surface area (Å²) in [6, 6.07) is 1.99. The molecule has 0 atom stereocenters. The van der Waals surface area contributed by atoms with Crippen LogP contribution in [-0.4, -0.2) is 48.7 Å². The molecule has 0 radical (unpaired) electrons. The molecule has 0 N–H and O–H groups in total. The fourth-order valence-electron chi connectivity index (χ4n) is 4.72.